The Kier molecular flexibility index (Phi) is 5.43. The van der Waals surface area contributed by atoms with E-state index in [9.17, 15) is 0 Å². The molecule has 0 radical (unpaired) electrons. The molecule has 1 nitrogen and oxygen atoms in total. The molecule has 0 fully saturated rings. The van der Waals surface area contributed by atoms with Crippen molar-refractivity contribution < 1.29 is 0 Å². The Balaban J connectivity index is 2.83. The maximum Gasteiger partial charge on any atom is 0.0317 e. The number of hydrogen-bond donors (Lipinski definition) is 1. The van der Waals surface area contributed by atoms with Crippen LogP contribution in [0.1, 0.15) is 19.4 Å². The van der Waals surface area contributed by atoms with Crippen molar-refractivity contribution in [2.45, 2.75) is 24.0 Å². The van der Waals surface area contributed by atoms with Crippen LogP contribution in [0.2, 0.25) is 0 Å². The molecule has 3 heteroatoms. The molecule has 0 aromatic heterocycles. The second-order valence-electron chi connectivity index (χ2n) is 3.49. The zero-order valence-electron chi connectivity index (χ0n) is 9.03. The standard InChI is InChI=1S/C12H16BrNS/c1-9(2)15-12-6-5-10(4-3-7-14)8-11(12)13/h3-6,8-9H,7,14H2,1-2H3/b4-3+. The van der Waals surface area contributed by atoms with Crippen LogP contribution in [-0.4, -0.2) is 11.8 Å². The Bertz CT molecular complexity index is 347. The number of thioether (sulfide) groups is 1. The number of rotatable bonds is 4. The summed E-state index contributed by atoms with van der Waals surface area (Å²) in [5, 5.41) is 0.603. The fourth-order valence-corrected chi connectivity index (χ4v) is 2.68. The van der Waals surface area contributed by atoms with Crippen LogP contribution < -0.4 is 5.73 Å². The number of hydrogen-bond acceptors (Lipinski definition) is 2. The lowest BCUT2D eigenvalue weighted by Gasteiger charge is -2.07. The van der Waals surface area contributed by atoms with Gasteiger partial charge in [0.1, 0.15) is 0 Å². The minimum absolute atomic E-state index is 0.583. The first-order valence-corrected chi connectivity index (χ1v) is 6.63. The third-order valence-corrected chi connectivity index (χ3v) is 3.76. The van der Waals surface area contributed by atoms with E-state index in [0.29, 0.717) is 11.8 Å². The van der Waals surface area contributed by atoms with Gasteiger partial charge < -0.3 is 5.73 Å². The van der Waals surface area contributed by atoms with Crippen LogP contribution in [0, 0.1) is 0 Å². The normalized spacial score (nSPS) is 11.5. The molecule has 0 aliphatic heterocycles. The molecule has 1 rings (SSSR count). The lowest BCUT2D eigenvalue weighted by Crippen LogP contribution is -1.92. The second kappa shape index (κ2) is 6.36. The summed E-state index contributed by atoms with van der Waals surface area (Å²) in [7, 11) is 0. The number of halogens is 1. The van der Waals surface area contributed by atoms with Crippen LogP contribution in [0.25, 0.3) is 6.08 Å². The molecule has 0 atom stereocenters. The summed E-state index contributed by atoms with van der Waals surface area (Å²) in [6.45, 7) is 4.97. The Morgan fingerprint density at radius 3 is 2.73 bits per heavy atom. The van der Waals surface area contributed by atoms with Crippen LogP contribution in [0.15, 0.2) is 33.6 Å². The van der Waals surface area contributed by atoms with E-state index in [1.165, 1.54) is 10.5 Å². The Labute approximate surface area is 104 Å². The van der Waals surface area contributed by atoms with E-state index in [4.69, 9.17) is 5.73 Å². The van der Waals surface area contributed by atoms with Gasteiger partial charge in [-0.15, -0.1) is 11.8 Å². The highest BCUT2D eigenvalue weighted by atomic mass is 79.9. The molecule has 1 aromatic rings. The summed E-state index contributed by atoms with van der Waals surface area (Å²) in [6.07, 6.45) is 3.99. The first-order valence-electron chi connectivity index (χ1n) is 4.96. The van der Waals surface area contributed by atoms with Crippen molar-refractivity contribution in [3.8, 4) is 0 Å². The van der Waals surface area contributed by atoms with Crippen LogP contribution in [0.5, 0.6) is 0 Å². The van der Waals surface area contributed by atoms with E-state index < -0.39 is 0 Å². The van der Waals surface area contributed by atoms with Crippen molar-refractivity contribution in [3.05, 3.63) is 34.3 Å². The predicted octanol–water partition coefficient (Wildman–Crippen LogP) is 3.92. The molecular weight excluding hydrogens is 270 g/mol. The maximum absolute atomic E-state index is 5.41. The van der Waals surface area contributed by atoms with Gasteiger partial charge in [-0.1, -0.05) is 32.1 Å². The minimum atomic E-state index is 0.583. The first kappa shape index (κ1) is 12.8. The molecule has 0 spiro atoms. The average Bonchev–Trinajstić information content (AvgIpc) is 2.18. The Hall–Kier alpha value is -0.250. The van der Waals surface area contributed by atoms with E-state index in [1.54, 1.807) is 0 Å². The van der Waals surface area contributed by atoms with Gasteiger partial charge in [-0.3, -0.25) is 0 Å². The van der Waals surface area contributed by atoms with Crippen molar-refractivity contribution in [1.29, 1.82) is 0 Å². The molecule has 0 saturated carbocycles. The fraction of sp³-hybridized carbons (Fsp3) is 0.333. The molecule has 82 valence electrons. The summed E-state index contributed by atoms with van der Waals surface area (Å²) < 4.78 is 1.15. The SMILES string of the molecule is CC(C)Sc1ccc(/C=C/CN)cc1Br. The summed E-state index contributed by atoms with van der Waals surface area (Å²) >= 11 is 5.44. The van der Waals surface area contributed by atoms with Crippen molar-refractivity contribution >= 4 is 33.8 Å². The molecule has 0 bridgehead atoms. The molecule has 0 aliphatic carbocycles. The topological polar surface area (TPSA) is 26.0 Å². The van der Waals surface area contributed by atoms with Gasteiger partial charge in [0, 0.05) is 21.2 Å². The maximum atomic E-state index is 5.41. The van der Waals surface area contributed by atoms with Crippen LogP contribution in [0.3, 0.4) is 0 Å². The highest BCUT2D eigenvalue weighted by molar-refractivity contribution is 9.10. The third kappa shape index (κ3) is 4.41. The molecule has 0 aliphatic rings. The smallest absolute Gasteiger partial charge is 0.0317 e. The van der Waals surface area contributed by atoms with Gasteiger partial charge in [-0.25, -0.2) is 0 Å². The summed E-state index contributed by atoms with van der Waals surface area (Å²) in [6, 6.07) is 6.38. The van der Waals surface area contributed by atoms with E-state index in [0.717, 1.165) is 4.47 Å². The average molecular weight is 286 g/mol. The van der Waals surface area contributed by atoms with Crippen molar-refractivity contribution in [1.82, 2.24) is 0 Å². The molecule has 0 saturated heterocycles. The number of benzene rings is 1. The lowest BCUT2D eigenvalue weighted by atomic mass is 10.2. The van der Waals surface area contributed by atoms with Crippen LogP contribution >= 0.6 is 27.7 Å². The number of nitrogens with two attached hydrogens (primary N) is 1. The molecular formula is C12H16BrNS. The van der Waals surface area contributed by atoms with Crippen molar-refractivity contribution in [2.75, 3.05) is 6.54 Å². The van der Waals surface area contributed by atoms with Gasteiger partial charge in [0.2, 0.25) is 0 Å². The highest BCUT2D eigenvalue weighted by Gasteiger charge is 2.03. The van der Waals surface area contributed by atoms with Gasteiger partial charge in [0.15, 0.2) is 0 Å². The monoisotopic (exact) mass is 285 g/mol. The Morgan fingerprint density at radius 1 is 1.47 bits per heavy atom. The fourth-order valence-electron chi connectivity index (χ4n) is 1.17. The molecule has 0 amide bonds. The molecule has 1 aromatic carbocycles. The van der Waals surface area contributed by atoms with Gasteiger partial charge >= 0.3 is 0 Å². The molecule has 15 heavy (non-hydrogen) atoms. The minimum Gasteiger partial charge on any atom is -0.327 e. The van der Waals surface area contributed by atoms with Gasteiger partial charge in [-0.2, -0.15) is 0 Å². The van der Waals surface area contributed by atoms with Crippen LogP contribution in [-0.2, 0) is 0 Å². The largest absolute Gasteiger partial charge is 0.327 e. The summed E-state index contributed by atoms with van der Waals surface area (Å²) in [4.78, 5) is 1.29. The molecule has 2 N–H and O–H groups in total. The Morgan fingerprint density at radius 2 is 2.20 bits per heavy atom. The quantitative estimate of drug-likeness (QED) is 0.849. The molecule has 0 heterocycles. The summed E-state index contributed by atoms with van der Waals surface area (Å²) in [5.41, 5.74) is 6.59. The van der Waals surface area contributed by atoms with Crippen molar-refractivity contribution in [3.63, 3.8) is 0 Å². The lowest BCUT2D eigenvalue weighted by molar-refractivity contribution is 1.11. The van der Waals surface area contributed by atoms with E-state index in [-0.39, 0.29) is 0 Å². The predicted molar refractivity (Wildman–Crippen MR) is 73.2 cm³/mol. The second-order valence-corrected chi connectivity index (χ2v) is 5.97. The van der Waals surface area contributed by atoms with E-state index in [2.05, 4.69) is 48.0 Å². The highest BCUT2D eigenvalue weighted by Crippen LogP contribution is 2.31. The summed E-state index contributed by atoms with van der Waals surface area (Å²) in [5.74, 6) is 0. The van der Waals surface area contributed by atoms with Gasteiger partial charge in [0.05, 0.1) is 0 Å². The van der Waals surface area contributed by atoms with Gasteiger partial charge in [-0.05, 0) is 33.6 Å². The third-order valence-electron chi connectivity index (χ3n) is 1.76. The zero-order chi connectivity index (χ0) is 11.3. The van der Waals surface area contributed by atoms with Gasteiger partial charge in [0.25, 0.3) is 0 Å². The first-order chi connectivity index (χ1) is 7.13. The van der Waals surface area contributed by atoms with Crippen molar-refractivity contribution in [2.24, 2.45) is 5.73 Å². The van der Waals surface area contributed by atoms with Crippen LogP contribution in [0.4, 0.5) is 0 Å². The van der Waals surface area contributed by atoms with E-state index >= 15 is 0 Å². The molecule has 0 unspecified atom stereocenters. The zero-order valence-corrected chi connectivity index (χ0v) is 11.4. The van der Waals surface area contributed by atoms with E-state index in [1.807, 2.05) is 23.9 Å².